The quantitative estimate of drug-likeness (QED) is 0.316. The van der Waals surface area contributed by atoms with Gasteiger partial charge in [-0.25, -0.2) is 0 Å². The van der Waals surface area contributed by atoms with Crippen molar-refractivity contribution in [1.29, 1.82) is 0 Å². The van der Waals surface area contributed by atoms with E-state index in [1.54, 1.807) is 7.11 Å². The van der Waals surface area contributed by atoms with Gasteiger partial charge in [0.15, 0.2) is 0 Å². The zero-order chi connectivity index (χ0) is 13.2. The van der Waals surface area contributed by atoms with Crippen molar-refractivity contribution in [2.75, 3.05) is 26.9 Å². The van der Waals surface area contributed by atoms with Crippen LogP contribution in [0.4, 0.5) is 0 Å². The number of methoxy groups -OCH3 is 1. The average molecular weight is 248 g/mol. The van der Waals surface area contributed by atoms with Crippen LogP contribution in [0.5, 0.6) is 0 Å². The monoisotopic (exact) mass is 248 g/mol. The lowest BCUT2D eigenvalue weighted by Gasteiger charge is -2.03. The predicted octanol–water partition coefficient (Wildman–Crippen LogP) is 2.61. The minimum atomic E-state index is 0.719. The van der Waals surface area contributed by atoms with Crippen molar-refractivity contribution in [3.63, 3.8) is 0 Å². The van der Waals surface area contributed by atoms with E-state index in [-0.39, 0.29) is 0 Å². The van der Waals surface area contributed by atoms with E-state index in [9.17, 15) is 0 Å². The van der Waals surface area contributed by atoms with Gasteiger partial charge in [-0.2, -0.15) is 0 Å². The highest BCUT2D eigenvalue weighted by Gasteiger charge is 1.92. The molecule has 0 radical (unpaired) electrons. The molecule has 0 aliphatic carbocycles. The van der Waals surface area contributed by atoms with Gasteiger partial charge in [-0.3, -0.25) is 11.7 Å². The second-order valence-electron chi connectivity index (χ2n) is 4.08. The van der Waals surface area contributed by atoms with Gasteiger partial charge in [0.2, 0.25) is 0 Å². The van der Waals surface area contributed by atoms with E-state index in [4.69, 9.17) is 9.47 Å². The highest BCUT2D eigenvalue weighted by molar-refractivity contribution is 4.45. The van der Waals surface area contributed by atoms with Crippen molar-refractivity contribution in [3.8, 4) is 0 Å². The van der Waals surface area contributed by atoms with E-state index < -0.39 is 0 Å². The maximum atomic E-state index is 5.39. The fraction of sp³-hybridized carbons (Fsp3) is 1.00. The summed E-state index contributed by atoms with van der Waals surface area (Å²) in [4.78, 5) is 0. The highest BCUT2D eigenvalue weighted by Crippen LogP contribution is 2.08. The first kappa shape index (κ1) is 19.2. The van der Waals surface area contributed by atoms with Gasteiger partial charge in [0.1, 0.15) is 0 Å². The number of ether oxygens (including phenoxy) is 2. The summed E-state index contributed by atoms with van der Waals surface area (Å²) in [7, 11) is 1.71. The predicted molar refractivity (Wildman–Crippen MR) is 73.7 cm³/mol. The number of hydrogen-bond acceptors (Lipinski definition) is 4. The summed E-state index contributed by atoms with van der Waals surface area (Å²) in [6.45, 7) is 4.62. The molecule has 0 aromatic carbocycles. The first-order valence-corrected chi connectivity index (χ1v) is 6.81. The Balaban J connectivity index is 0. The lowest BCUT2D eigenvalue weighted by atomic mass is 10.1. The molecule has 0 saturated heterocycles. The number of unbranched alkanes of at least 4 members (excludes halogenated alkanes) is 7. The maximum absolute atomic E-state index is 5.39. The number of rotatable bonds is 12. The van der Waals surface area contributed by atoms with Gasteiger partial charge in [0.25, 0.3) is 0 Å². The summed E-state index contributed by atoms with van der Waals surface area (Å²) in [6.07, 6.45) is 10.9. The summed E-state index contributed by atoms with van der Waals surface area (Å²) in [5, 5.41) is 0. The molecule has 17 heavy (non-hydrogen) atoms. The zero-order valence-corrected chi connectivity index (χ0v) is 11.7. The van der Waals surface area contributed by atoms with Crippen LogP contribution in [-0.4, -0.2) is 26.9 Å². The maximum Gasteiger partial charge on any atom is 0.0700 e. The summed E-state index contributed by atoms with van der Waals surface area (Å²) in [5.41, 5.74) is 0. The molecule has 0 bridgehead atoms. The third-order valence-corrected chi connectivity index (χ3v) is 2.57. The van der Waals surface area contributed by atoms with Gasteiger partial charge in [0.05, 0.1) is 13.2 Å². The molecule has 0 aromatic heterocycles. The Hall–Kier alpha value is -0.160. The SMILES string of the molecule is CCCCCCCCCCOCCOC.NN. The van der Waals surface area contributed by atoms with E-state index in [0.29, 0.717) is 0 Å². The summed E-state index contributed by atoms with van der Waals surface area (Å²) < 4.78 is 10.3. The molecule has 4 N–H and O–H groups in total. The first-order valence-electron chi connectivity index (χ1n) is 6.81. The molecule has 0 unspecified atom stereocenters. The van der Waals surface area contributed by atoms with Gasteiger partial charge in [-0.05, 0) is 6.42 Å². The van der Waals surface area contributed by atoms with Gasteiger partial charge >= 0.3 is 0 Å². The lowest BCUT2D eigenvalue weighted by Crippen LogP contribution is -2.02. The molecule has 0 aromatic rings. The van der Waals surface area contributed by atoms with Gasteiger partial charge < -0.3 is 9.47 Å². The molecule has 0 rings (SSSR count). The molecule has 0 amide bonds. The Morgan fingerprint density at radius 2 is 1.24 bits per heavy atom. The molecular weight excluding hydrogens is 216 g/mol. The number of hydrazine groups is 1. The van der Waals surface area contributed by atoms with Crippen LogP contribution in [0.3, 0.4) is 0 Å². The minimum absolute atomic E-state index is 0.719. The highest BCUT2D eigenvalue weighted by atomic mass is 16.5. The van der Waals surface area contributed by atoms with Crippen LogP contribution in [0.15, 0.2) is 0 Å². The van der Waals surface area contributed by atoms with Crippen LogP contribution in [0.2, 0.25) is 0 Å². The molecule has 106 valence electrons. The summed E-state index contributed by atoms with van der Waals surface area (Å²) in [5.74, 6) is 8.00. The summed E-state index contributed by atoms with van der Waals surface area (Å²) >= 11 is 0. The Labute approximate surface area is 107 Å². The van der Waals surface area contributed by atoms with Crippen molar-refractivity contribution in [2.45, 2.75) is 58.3 Å². The lowest BCUT2D eigenvalue weighted by molar-refractivity contribution is 0.0685. The average Bonchev–Trinajstić information content (AvgIpc) is 2.38. The third-order valence-electron chi connectivity index (χ3n) is 2.57. The van der Waals surface area contributed by atoms with Crippen LogP contribution in [0.1, 0.15) is 58.3 Å². The van der Waals surface area contributed by atoms with Crippen molar-refractivity contribution in [1.82, 2.24) is 0 Å². The number of hydrogen-bond donors (Lipinski definition) is 2. The van der Waals surface area contributed by atoms with E-state index in [1.165, 1.54) is 51.4 Å². The molecule has 0 aliphatic rings. The van der Waals surface area contributed by atoms with E-state index >= 15 is 0 Å². The molecule has 0 saturated carbocycles. The Bertz CT molecular complexity index is 102. The molecule has 0 fully saturated rings. The van der Waals surface area contributed by atoms with Gasteiger partial charge in [-0.1, -0.05) is 51.9 Å². The third kappa shape index (κ3) is 21.6. The largest absolute Gasteiger partial charge is 0.382 e. The van der Waals surface area contributed by atoms with Gasteiger partial charge in [-0.15, -0.1) is 0 Å². The van der Waals surface area contributed by atoms with Crippen LogP contribution in [0, 0.1) is 0 Å². The molecule has 0 spiro atoms. The minimum Gasteiger partial charge on any atom is -0.382 e. The van der Waals surface area contributed by atoms with Crippen LogP contribution in [0.25, 0.3) is 0 Å². The fourth-order valence-corrected chi connectivity index (χ4v) is 1.58. The molecule has 0 aliphatic heterocycles. The molecular formula is C13H32N2O2. The van der Waals surface area contributed by atoms with E-state index in [1.807, 2.05) is 0 Å². The smallest absolute Gasteiger partial charge is 0.0700 e. The second kappa shape index (κ2) is 21.2. The summed E-state index contributed by atoms with van der Waals surface area (Å²) in [6, 6.07) is 0. The zero-order valence-electron chi connectivity index (χ0n) is 11.7. The van der Waals surface area contributed by atoms with Gasteiger partial charge in [0, 0.05) is 13.7 Å². The van der Waals surface area contributed by atoms with Crippen molar-refractivity contribution in [3.05, 3.63) is 0 Å². The molecule has 0 heterocycles. The number of nitrogens with two attached hydrogens (primary N) is 2. The van der Waals surface area contributed by atoms with Crippen LogP contribution in [-0.2, 0) is 9.47 Å². The van der Waals surface area contributed by atoms with Crippen LogP contribution < -0.4 is 11.7 Å². The molecule has 0 atom stereocenters. The van der Waals surface area contributed by atoms with Crippen molar-refractivity contribution < 1.29 is 9.47 Å². The Morgan fingerprint density at radius 1 is 0.706 bits per heavy atom. The molecule has 4 heteroatoms. The van der Waals surface area contributed by atoms with E-state index in [0.717, 1.165) is 19.8 Å². The van der Waals surface area contributed by atoms with Crippen LogP contribution >= 0.6 is 0 Å². The first-order chi connectivity index (χ1) is 8.41. The second-order valence-corrected chi connectivity index (χ2v) is 4.08. The van der Waals surface area contributed by atoms with Crippen molar-refractivity contribution >= 4 is 0 Å². The molecule has 4 nitrogen and oxygen atoms in total. The van der Waals surface area contributed by atoms with E-state index in [2.05, 4.69) is 18.6 Å². The van der Waals surface area contributed by atoms with Crippen molar-refractivity contribution in [2.24, 2.45) is 11.7 Å². The fourth-order valence-electron chi connectivity index (χ4n) is 1.58. The topological polar surface area (TPSA) is 70.5 Å². The standard InChI is InChI=1S/C13H28O2.H4N2/c1-3-4-5-6-7-8-9-10-11-15-13-12-14-2;1-2/h3-13H2,1-2H3;1-2H2. The normalized spacial score (nSPS) is 9.88. The Morgan fingerprint density at radius 3 is 1.76 bits per heavy atom. The Kier molecular flexibility index (Phi) is 23.9.